The fourth-order valence-electron chi connectivity index (χ4n) is 2.06. The summed E-state index contributed by atoms with van der Waals surface area (Å²) in [6.07, 6.45) is 6.94. The van der Waals surface area contributed by atoms with E-state index in [-0.39, 0.29) is 17.9 Å². The van der Waals surface area contributed by atoms with Gasteiger partial charge < -0.3 is 9.88 Å². The predicted molar refractivity (Wildman–Crippen MR) is 79.6 cm³/mol. The maximum absolute atomic E-state index is 12.2. The van der Waals surface area contributed by atoms with Gasteiger partial charge in [0, 0.05) is 24.5 Å². The molecule has 21 heavy (non-hydrogen) atoms. The fraction of sp³-hybridized carbons (Fsp3) is 0.467. The normalized spacial score (nSPS) is 12.4. The Labute approximate surface area is 124 Å². The molecule has 0 spiro atoms. The number of amides is 1. The third kappa shape index (κ3) is 3.65. The molecule has 0 fully saturated rings. The van der Waals surface area contributed by atoms with Gasteiger partial charge in [-0.15, -0.1) is 0 Å². The SMILES string of the molecule is Cc1cnc(CNC(=O)[C@H](C)n2ccnc2C(C)C)cn1. The van der Waals surface area contributed by atoms with Crippen LogP contribution in [0, 0.1) is 6.92 Å². The molecule has 0 saturated carbocycles. The van der Waals surface area contributed by atoms with E-state index in [0.717, 1.165) is 17.2 Å². The van der Waals surface area contributed by atoms with Crippen molar-refractivity contribution in [2.75, 3.05) is 0 Å². The second-order valence-electron chi connectivity index (χ2n) is 5.39. The lowest BCUT2D eigenvalue weighted by Gasteiger charge is -2.17. The van der Waals surface area contributed by atoms with E-state index in [9.17, 15) is 4.79 Å². The standard InChI is InChI=1S/C15H21N5O/c1-10(2)14-16-5-6-20(14)12(4)15(21)19-9-13-8-17-11(3)7-18-13/h5-8,10,12H,9H2,1-4H3,(H,19,21)/t12-/m0/s1. The molecular weight excluding hydrogens is 266 g/mol. The zero-order chi connectivity index (χ0) is 15.4. The number of imidazole rings is 1. The third-order valence-corrected chi connectivity index (χ3v) is 3.29. The van der Waals surface area contributed by atoms with Crippen molar-refractivity contribution >= 4 is 5.91 Å². The number of carbonyl (C=O) groups is 1. The number of hydrogen-bond donors (Lipinski definition) is 1. The van der Waals surface area contributed by atoms with E-state index >= 15 is 0 Å². The summed E-state index contributed by atoms with van der Waals surface area (Å²) in [7, 11) is 0. The molecule has 6 heteroatoms. The topological polar surface area (TPSA) is 72.7 Å². The van der Waals surface area contributed by atoms with Crippen LogP contribution in [0.2, 0.25) is 0 Å². The van der Waals surface area contributed by atoms with Crippen LogP contribution in [-0.2, 0) is 11.3 Å². The Balaban J connectivity index is 1.99. The summed E-state index contributed by atoms with van der Waals surface area (Å²) in [4.78, 5) is 24.9. The molecule has 0 radical (unpaired) electrons. The lowest BCUT2D eigenvalue weighted by molar-refractivity contribution is -0.124. The average molecular weight is 287 g/mol. The highest BCUT2D eigenvalue weighted by molar-refractivity contribution is 5.79. The van der Waals surface area contributed by atoms with E-state index in [4.69, 9.17) is 0 Å². The quantitative estimate of drug-likeness (QED) is 0.912. The zero-order valence-electron chi connectivity index (χ0n) is 12.9. The monoisotopic (exact) mass is 287 g/mol. The first-order valence-electron chi connectivity index (χ1n) is 7.07. The average Bonchev–Trinajstić information content (AvgIpc) is 2.95. The molecule has 6 nitrogen and oxygen atoms in total. The number of aryl methyl sites for hydroxylation is 1. The minimum atomic E-state index is -0.302. The number of nitrogens with one attached hydrogen (secondary N) is 1. The van der Waals surface area contributed by atoms with E-state index in [1.807, 2.05) is 24.6 Å². The van der Waals surface area contributed by atoms with Gasteiger partial charge in [-0.25, -0.2) is 4.98 Å². The van der Waals surface area contributed by atoms with Crippen LogP contribution in [0.4, 0.5) is 0 Å². The number of nitrogens with zero attached hydrogens (tertiary/aromatic N) is 4. The molecule has 1 N–H and O–H groups in total. The van der Waals surface area contributed by atoms with Crippen LogP contribution in [0.1, 0.15) is 49.9 Å². The third-order valence-electron chi connectivity index (χ3n) is 3.29. The van der Waals surface area contributed by atoms with Crippen molar-refractivity contribution in [2.45, 2.75) is 46.2 Å². The van der Waals surface area contributed by atoms with Crippen LogP contribution in [0.25, 0.3) is 0 Å². The number of rotatable bonds is 5. The predicted octanol–water partition coefficient (Wildman–Crippen LogP) is 1.98. The maximum Gasteiger partial charge on any atom is 0.243 e. The smallest absolute Gasteiger partial charge is 0.243 e. The summed E-state index contributed by atoms with van der Waals surface area (Å²) in [5.41, 5.74) is 1.61. The molecule has 2 rings (SSSR count). The molecule has 0 aliphatic heterocycles. The second-order valence-corrected chi connectivity index (χ2v) is 5.39. The largest absolute Gasteiger partial charge is 0.349 e. The van der Waals surface area contributed by atoms with Crippen molar-refractivity contribution in [3.05, 3.63) is 42.0 Å². The number of aromatic nitrogens is 4. The van der Waals surface area contributed by atoms with Crippen LogP contribution in [-0.4, -0.2) is 25.4 Å². The van der Waals surface area contributed by atoms with Gasteiger partial charge in [-0.3, -0.25) is 14.8 Å². The van der Waals surface area contributed by atoms with Crippen molar-refractivity contribution in [3.8, 4) is 0 Å². The van der Waals surface area contributed by atoms with E-state index in [0.29, 0.717) is 6.54 Å². The van der Waals surface area contributed by atoms with Gasteiger partial charge in [-0.05, 0) is 13.8 Å². The molecule has 1 atom stereocenters. The van der Waals surface area contributed by atoms with Gasteiger partial charge in [0.2, 0.25) is 5.91 Å². The van der Waals surface area contributed by atoms with E-state index in [1.165, 1.54) is 0 Å². The summed E-state index contributed by atoms with van der Waals surface area (Å²) >= 11 is 0. The number of carbonyl (C=O) groups excluding carboxylic acids is 1. The minimum absolute atomic E-state index is 0.0581. The first kappa shape index (κ1) is 15.2. The first-order valence-corrected chi connectivity index (χ1v) is 7.07. The lowest BCUT2D eigenvalue weighted by Crippen LogP contribution is -2.31. The highest BCUT2D eigenvalue weighted by Gasteiger charge is 2.18. The molecule has 2 aromatic rings. The molecule has 0 aliphatic carbocycles. The van der Waals surface area contributed by atoms with Crippen molar-refractivity contribution in [3.63, 3.8) is 0 Å². The lowest BCUT2D eigenvalue weighted by atomic mass is 10.2. The van der Waals surface area contributed by atoms with Crippen LogP contribution in [0.3, 0.4) is 0 Å². The summed E-state index contributed by atoms with van der Waals surface area (Å²) in [5, 5.41) is 2.88. The maximum atomic E-state index is 12.2. The molecule has 0 saturated heterocycles. The van der Waals surface area contributed by atoms with Crippen molar-refractivity contribution in [2.24, 2.45) is 0 Å². The van der Waals surface area contributed by atoms with Crippen LogP contribution < -0.4 is 5.32 Å². The Bertz CT molecular complexity index is 603. The summed E-state index contributed by atoms with van der Waals surface area (Å²) < 4.78 is 1.90. The van der Waals surface area contributed by atoms with E-state index < -0.39 is 0 Å². The molecule has 1 amide bonds. The zero-order valence-corrected chi connectivity index (χ0v) is 12.9. The molecule has 112 valence electrons. The van der Waals surface area contributed by atoms with Crippen LogP contribution in [0.5, 0.6) is 0 Å². The van der Waals surface area contributed by atoms with Crippen molar-refractivity contribution < 1.29 is 4.79 Å². The fourth-order valence-corrected chi connectivity index (χ4v) is 2.06. The van der Waals surface area contributed by atoms with Crippen LogP contribution in [0.15, 0.2) is 24.8 Å². The molecule has 0 aliphatic rings. The summed E-state index contributed by atoms with van der Waals surface area (Å²) in [6, 6.07) is -0.302. The first-order chi connectivity index (χ1) is 9.99. The van der Waals surface area contributed by atoms with Gasteiger partial charge in [0.1, 0.15) is 11.9 Å². The molecule has 2 heterocycles. The molecule has 0 aromatic carbocycles. The Morgan fingerprint density at radius 3 is 2.62 bits per heavy atom. The van der Waals surface area contributed by atoms with E-state index in [2.05, 4.69) is 34.1 Å². The molecule has 0 bridgehead atoms. The highest BCUT2D eigenvalue weighted by Crippen LogP contribution is 2.17. The Hall–Kier alpha value is -2.24. The molecular formula is C15H21N5O. The summed E-state index contributed by atoms with van der Waals surface area (Å²) in [5.74, 6) is 1.13. The van der Waals surface area contributed by atoms with E-state index in [1.54, 1.807) is 18.6 Å². The van der Waals surface area contributed by atoms with Gasteiger partial charge in [-0.2, -0.15) is 0 Å². The Morgan fingerprint density at radius 2 is 2.00 bits per heavy atom. The van der Waals surface area contributed by atoms with Crippen LogP contribution >= 0.6 is 0 Å². The minimum Gasteiger partial charge on any atom is -0.349 e. The second kappa shape index (κ2) is 6.47. The summed E-state index contributed by atoms with van der Waals surface area (Å²) in [6.45, 7) is 8.24. The molecule has 0 unspecified atom stereocenters. The van der Waals surface area contributed by atoms with Gasteiger partial charge in [0.15, 0.2) is 0 Å². The Kier molecular flexibility index (Phi) is 4.67. The van der Waals surface area contributed by atoms with Gasteiger partial charge in [-0.1, -0.05) is 13.8 Å². The van der Waals surface area contributed by atoms with Crippen molar-refractivity contribution in [1.82, 2.24) is 24.8 Å². The molecule has 2 aromatic heterocycles. The van der Waals surface area contributed by atoms with Gasteiger partial charge in [0.05, 0.1) is 24.1 Å². The van der Waals surface area contributed by atoms with Gasteiger partial charge >= 0.3 is 0 Å². The highest BCUT2D eigenvalue weighted by atomic mass is 16.2. The van der Waals surface area contributed by atoms with Crippen molar-refractivity contribution in [1.29, 1.82) is 0 Å². The van der Waals surface area contributed by atoms with Gasteiger partial charge in [0.25, 0.3) is 0 Å². The Morgan fingerprint density at radius 1 is 1.24 bits per heavy atom. The number of hydrogen-bond acceptors (Lipinski definition) is 4.